The molecule has 1 aliphatic carbocycles. The molecule has 84 valence electrons. The predicted octanol–water partition coefficient (Wildman–Crippen LogP) is 2.96. The number of hydrogen-bond acceptors (Lipinski definition) is 2. The summed E-state index contributed by atoms with van der Waals surface area (Å²) < 4.78 is 19.3. The third-order valence-electron chi connectivity index (χ3n) is 2.51. The molecule has 16 heavy (non-hydrogen) atoms. The maximum Gasteiger partial charge on any atom is 0.297 e. The van der Waals surface area contributed by atoms with E-state index in [0.717, 1.165) is 12.8 Å². The lowest BCUT2D eigenvalue weighted by atomic mass is 10.2. The molecule has 0 N–H and O–H groups in total. The van der Waals surface area contributed by atoms with Gasteiger partial charge in [0.15, 0.2) is 12.8 Å². The number of nitrogens with zero attached hydrogens (tertiary/aromatic N) is 1. The zero-order valence-corrected chi connectivity index (χ0v) is 9.02. The van der Waals surface area contributed by atoms with Crippen LogP contribution in [0.25, 0.3) is 0 Å². The van der Waals surface area contributed by atoms with Gasteiger partial charge in [-0.05, 0) is 25.0 Å². The summed E-state index contributed by atoms with van der Waals surface area (Å²) in [5.74, 6) is -0.100. The monoisotopic (exact) mass is 222 g/mol. The fourth-order valence-electron chi connectivity index (χ4n) is 1.71. The Labute approximate surface area is 93.1 Å². The molecule has 0 aromatic heterocycles. The minimum Gasteiger partial charge on any atom is -0.479 e. The van der Waals surface area contributed by atoms with E-state index < -0.39 is 5.82 Å². The quantitative estimate of drug-likeness (QED) is 0.581. The van der Waals surface area contributed by atoms with E-state index in [1.807, 2.05) is 12.2 Å². The first-order chi connectivity index (χ1) is 7.66. The lowest BCUT2D eigenvalue weighted by molar-refractivity contribution is -0.429. The van der Waals surface area contributed by atoms with Gasteiger partial charge in [-0.25, -0.2) is 4.39 Å². The number of nitroso groups, excluding NO2 is 1. The van der Waals surface area contributed by atoms with E-state index >= 15 is 0 Å². The van der Waals surface area contributed by atoms with Gasteiger partial charge in [-0.1, -0.05) is 6.08 Å². The second-order valence-electron chi connectivity index (χ2n) is 3.77. The Morgan fingerprint density at radius 3 is 2.94 bits per heavy atom. The molecule has 0 fully saturated rings. The molecule has 3 nitrogen and oxygen atoms in total. The highest BCUT2D eigenvalue weighted by Gasteiger charge is 2.20. The first kappa shape index (κ1) is 10.8. The van der Waals surface area contributed by atoms with Crippen molar-refractivity contribution in [2.24, 2.45) is 0 Å². The summed E-state index contributed by atoms with van der Waals surface area (Å²) >= 11 is 0. The van der Waals surface area contributed by atoms with Crippen LogP contribution in [-0.2, 0) is 0 Å². The fourth-order valence-corrected chi connectivity index (χ4v) is 1.71. The van der Waals surface area contributed by atoms with Gasteiger partial charge in [0.05, 0.1) is 0 Å². The van der Waals surface area contributed by atoms with Crippen LogP contribution < -0.4 is 4.74 Å². The standard InChI is InChI=1S/C12H13FNO2/c1-14(15)11-7-6-9(13)8-12(11)16-10-4-2-3-5-10/h2,4,6-8,10H,3,5H2,1H3/q+1. The molecule has 0 amide bonds. The van der Waals surface area contributed by atoms with E-state index in [2.05, 4.69) is 0 Å². The van der Waals surface area contributed by atoms with Gasteiger partial charge in [0, 0.05) is 21.8 Å². The molecule has 1 aromatic carbocycles. The van der Waals surface area contributed by atoms with Gasteiger partial charge in [-0.15, -0.1) is 0 Å². The predicted molar refractivity (Wildman–Crippen MR) is 58.4 cm³/mol. The number of hydrogen-bond donors (Lipinski definition) is 0. The lowest BCUT2D eigenvalue weighted by Crippen LogP contribution is -2.11. The summed E-state index contributed by atoms with van der Waals surface area (Å²) in [6.45, 7) is 0. The van der Waals surface area contributed by atoms with Crippen LogP contribution in [0.1, 0.15) is 12.8 Å². The minimum atomic E-state index is -0.400. The highest BCUT2D eigenvalue weighted by atomic mass is 19.1. The molecule has 0 radical (unpaired) electrons. The number of allylic oxidation sites excluding steroid dienone is 1. The second-order valence-corrected chi connectivity index (χ2v) is 3.77. The highest BCUT2D eigenvalue weighted by Crippen LogP contribution is 2.29. The average Bonchev–Trinajstić information content (AvgIpc) is 2.70. The fraction of sp³-hybridized carbons (Fsp3) is 0.333. The SMILES string of the molecule is C[N+](=O)c1ccc(F)cc1OC1C=CCC1. The Bertz CT molecular complexity index is 443. The molecule has 0 saturated heterocycles. The molecular formula is C12H13FNO2+. The molecule has 1 unspecified atom stereocenters. The number of halogens is 1. The van der Waals surface area contributed by atoms with Crippen molar-refractivity contribution < 1.29 is 13.9 Å². The largest absolute Gasteiger partial charge is 0.479 e. The Kier molecular flexibility index (Phi) is 2.99. The lowest BCUT2D eigenvalue weighted by Gasteiger charge is -2.11. The van der Waals surface area contributed by atoms with Crippen LogP contribution in [0.4, 0.5) is 10.1 Å². The molecule has 0 aliphatic heterocycles. The van der Waals surface area contributed by atoms with Crippen molar-refractivity contribution in [3.63, 3.8) is 0 Å². The van der Waals surface area contributed by atoms with Crippen molar-refractivity contribution in [3.05, 3.63) is 41.1 Å². The van der Waals surface area contributed by atoms with Gasteiger partial charge in [-0.2, -0.15) is 0 Å². The van der Waals surface area contributed by atoms with Crippen molar-refractivity contribution in [3.8, 4) is 5.75 Å². The van der Waals surface area contributed by atoms with Crippen molar-refractivity contribution >= 4 is 5.69 Å². The zero-order chi connectivity index (χ0) is 11.5. The molecular weight excluding hydrogens is 209 g/mol. The van der Waals surface area contributed by atoms with E-state index in [1.165, 1.54) is 25.2 Å². The van der Waals surface area contributed by atoms with Gasteiger partial charge in [0.25, 0.3) is 5.69 Å². The third-order valence-corrected chi connectivity index (χ3v) is 2.51. The van der Waals surface area contributed by atoms with Crippen molar-refractivity contribution in [2.75, 3.05) is 7.05 Å². The molecule has 0 heterocycles. The number of ether oxygens (including phenoxy) is 1. The summed E-state index contributed by atoms with van der Waals surface area (Å²) in [5, 5.41) is 0. The van der Waals surface area contributed by atoms with Crippen LogP contribution in [-0.4, -0.2) is 17.9 Å². The Morgan fingerprint density at radius 2 is 2.31 bits per heavy atom. The van der Waals surface area contributed by atoms with Crippen LogP contribution in [0, 0.1) is 10.7 Å². The molecule has 0 bridgehead atoms. The summed E-state index contributed by atoms with van der Waals surface area (Å²) in [7, 11) is 1.37. The summed E-state index contributed by atoms with van der Waals surface area (Å²) in [4.78, 5) is 11.2. The van der Waals surface area contributed by atoms with E-state index in [1.54, 1.807) is 0 Å². The van der Waals surface area contributed by atoms with Crippen molar-refractivity contribution in [1.29, 1.82) is 0 Å². The highest BCUT2D eigenvalue weighted by molar-refractivity contribution is 5.46. The Hall–Kier alpha value is -1.71. The van der Waals surface area contributed by atoms with Crippen LogP contribution >= 0.6 is 0 Å². The number of rotatable bonds is 3. The molecule has 1 aromatic rings. The Morgan fingerprint density at radius 1 is 1.50 bits per heavy atom. The summed E-state index contributed by atoms with van der Waals surface area (Å²) in [6.07, 6.45) is 5.73. The van der Waals surface area contributed by atoms with Crippen LogP contribution in [0.5, 0.6) is 5.75 Å². The molecule has 0 spiro atoms. The Balaban J connectivity index is 2.26. The minimum absolute atomic E-state index is 0.0551. The van der Waals surface area contributed by atoms with Gasteiger partial charge in [0.2, 0.25) is 0 Å². The molecule has 2 rings (SSSR count). The van der Waals surface area contributed by atoms with Crippen LogP contribution in [0.3, 0.4) is 0 Å². The topological polar surface area (TPSA) is 29.3 Å². The maximum atomic E-state index is 13.1. The third kappa shape index (κ3) is 2.27. The number of benzene rings is 1. The van der Waals surface area contributed by atoms with Crippen LogP contribution in [0.15, 0.2) is 30.4 Å². The average molecular weight is 222 g/mol. The van der Waals surface area contributed by atoms with Crippen LogP contribution in [0.2, 0.25) is 0 Å². The van der Waals surface area contributed by atoms with Gasteiger partial charge in [-0.3, -0.25) is 0 Å². The van der Waals surface area contributed by atoms with E-state index in [9.17, 15) is 9.30 Å². The summed E-state index contributed by atoms with van der Waals surface area (Å²) in [5.41, 5.74) is 0.349. The second kappa shape index (κ2) is 4.43. The molecule has 4 heteroatoms. The normalized spacial score (nSPS) is 18.8. The molecule has 1 aliphatic rings. The van der Waals surface area contributed by atoms with Gasteiger partial charge >= 0.3 is 0 Å². The van der Waals surface area contributed by atoms with E-state index in [4.69, 9.17) is 4.74 Å². The summed E-state index contributed by atoms with van der Waals surface area (Å²) in [6, 6.07) is 3.92. The van der Waals surface area contributed by atoms with Gasteiger partial charge in [0.1, 0.15) is 11.9 Å². The molecule has 1 atom stereocenters. The smallest absolute Gasteiger partial charge is 0.297 e. The first-order valence-electron chi connectivity index (χ1n) is 5.20. The van der Waals surface area contributed by atoms with Crippen molar-refractivity contribution in [1.82, 2.24) is 0 Å². The van der Waals surface area contributed by atoms with Crippen molar-refractivity contribution in [2.45, 2.75) is 18.9 Å². The first-order valence-corrected chi connectivity index (χ1v) is 5.20. The van der Waals surface area contributed by atoms with E-state index in [-0.39, 0.29) is 6.10 Å². The maximum absolute atomic E-state index is 13.1. The zero-order valence-electron chi connectivity index (χ0n) is 9.02. The van der Waals surface area contributed by atoms with E-state index in [0.29, 0.717) is 16.2 Å². The van der Waals surface area contributed by atoms with Gasteiger partial charge < -0.3 is 4.74 Å². The molecule has 0 saturated carbocycles.